The Bertz CT molecular complexity index is 1070. The van der Waals surface area contributed by atoms with Gasteiger partial charge in [-0.1, -0.05) is 30.3 Å². The first-order chi connectivity index (χ1) is 14.7. The van der Waals surface area contributed by atoms with Crippen molar-refractivity contribution in [1.82, 2.24) is 4.90 Å². The maximum Gasteiger partial charge on any atom is 0.323 e. The number of ketones is 1. The number of nitrogens with one attached hydrogen (secondary N) is 2. The van der Waals surface area contributed by atoms with Gasteiger partial charge < -0.3 is 15.5 Å². The van der Waals surface area contributed by atoms with Crippen LogP contribution in [0.5, 0.6) is 0 Å². The number of hydrogen-bond donors (Lipinski definition) is 2. The molecule has 30 heavy (non-hydrogen) atoms. The largest absolute Gasteiger partial charge is 0.323 e. The number of thiophene rings is 1. The van der Waals surface area contributed by atoms with Crippen LogP contribution >= 0.6 is 11.3 Å². The molecule has 6 heteroatoms. The standard InChI is InChI=1S/C24H25N3O2S/c28-21(13-18-15-27-11-9-16(18)10-12-27)22-14-17-5-4-8-20(23(17)30-22)26-24(29)25-19-6-2-1-3-7-19/h1-8,14,16,18H,9-13,15H2,(H2,25,26,29)/t18-/m0/s1. The minimum atomic E-state index is -0.290. The molecule has 3 aliphatic heterocycles. The summed E-state index contributed by atoms with van der Waals surface area (Å²) in [6.07, 6.45) is 3.09. The van der Waals surface area contributed by atoms with Crippen LogP contribution in [0.4, 0.5) is 16.2 Å². The fraction of sp³-hybridized carbons (Fsp3) is 0.333. The van der Waals surface area contributed by atoms with Gasteiger partial charge in [-0.25, -0.2) is 4.79 Å². The number of nitrogens with zero attached hydrogens (tertiary/aromatic N) is 1. The lowest BCUT2D eigenvalue weighted by Crippen LogP contribution is -2.47. The summed E-state index contributed by atoms with van der Waals surface area (Å²) in [5.41, 5.74) is 1.47. The van der Waals surface area contributed by atoms with Crippen molar-refractivity contribution in [2.75, 3.05) is 30.3 Å². The van der Waals surface area contributed by atoms with Crippen LogP contribution in [0.1, 0.15) is 28.9 Å². The molecule has 5 nitrogen and oxygen atoms in total. The predicted octanol–water partition coefficient (Wildman–Crippen LogP) is 5.46. The molecule has 1 atom stereocenters. The second kappa shape index (κ2) is 8.20. The number of hydrogen-bond acceptors (Lipinski definition) is 4. The third kappa shape index (κ3) is 3.98. The van der Waals surface area contributed by atoms with Gasteiger partial charge in [0.1, 0.15) is 0 Å². The number of carbonyl (C=O) groups is 2. The molecule has 2 amide bonds. The molecule has 3 aliphatic rings. The van der Waals surface area contributed by atoms with Crippen molar-refractivity contribution in [2.24, 2.45) is 11.8 Å². The van der Waals surface area contributed by atoms with E-state index in [1.54, 1.807) is 0 Å². The van der Waals surface area contributed by atoms with Gasteiger partial charge in [0.25, 0.3) is 0 Å². The van der Waals surface area contributed by atoms with Crippen molar-refractivity contribution in [1.29, 1.82) is 0 Å². The summed E-state index contributed by atoms with van der Waals surface area (Å²) in [5.74, 6) is 1.42. The highest BCUT2D eigenvalue weighted by Gasteiger charge is 2.35. The zero-order valence-electron chi connectivity index (χ0n) is 16.8. The average molecular weight is 420 g/mol. The number of Topliss-reactive ketones (excluding diaryl/α,β-unsaturated/α-hetero) is 1. The van der Waals surface area contributed by atoms with Crippen LogP contribution in [0.25, 0.3) is 10.1 Å². The van der Waals surface area contributed by atoms with E-state index in [2.05, 4.69) is 15.5 Å². The summed E-state index contributed by atoms with van der Waals surface area (Å²) in [5, 5.41) is 6.76. The van der Waals surface area contributed by atoms with Crippen LogP contribution in [-0.4, -0.2) is 36.3 Å². The van der Waals surface area contributed by atoms with Gasteiger partial charge in [-0.15, -0.1) is 11.3 Å². The summed E-state index contributed by atoms with van der Waals surface area (Å²) in [6, 6.07) is 16.8. The second-order valence-electron chi connectivity index (χ2n) is 8.31. The summed E-state index contributed by atoms with van der Waals surface area (Å²) < 4.78 is 0.943. The Morgan fingerprint density at radius 2 is 1.80 bits per heavy atom. The van der Waals surface area contributed by atoms with Gasteiger partial charge in [-0.2, -0.15) is 0 Å². The summed E-state index contributed by atoms with van der Waals surface area (Å²) in [6.45, 7) is 3.45. The topological polar surface area (TPSA) is 61.4 Å². The number of para-hydroxylation sites is 1. The van der Waals surface area contributed by atoms with E-state index in [1.165, 1.54) is 37.3 Å². The molecule has 0 aliphatic carbocycles. The van der Waals surface area contributed by atoms with E-state index in [1.807, 2.05) is 54.6 Å². The van der Waals surface area contributed by atoms with Crippen molar-refractivity contribution in [3.63, 3.8) is 0 Å². The number of benzene rings is 2. The van der Waals surface area contributed by atoms with Crippen LogP contribution in [0.15, 0.2) is 54.6 Å². The van der Waals surface area contributed by atoms with Crippen LogP contribution in [0.2, 0.25) is 0 Å². The molecule has 2 N–H and O–H groups in total. The first-order valence-electron chi connectivity index (χ1n) is 10.6. The smallest absolute Gasteiger partial charge is 0.308 e. The molecule has 2 bridgehead atoms. The Morgan fingerprint density at radius 3 is 2.53 bits per heavy atom. The van der Waals surface area contributed by atoms with Crippen molar-refractivity contribution in [3.05, 3.63) is 59.5 Å². The normalized spacial score (nSPS) is 22.7. The zero-order valence-corrected chi connectivity index (χ0v) is 17.6. The Balaban J connectivity index is 1.31. The first-order valence-corrected chi connectivity index (χ1v) is 11.4. The molecule has 0 unspecified atom stereocenters. The third-order valence-electron chi connectivity index (χ3n) is 6.34. The number of piperidine rings is 3. The molecular weight excluding hydrogens is 394 g/mol. The molecule has 0 spiro atoms. The van der Waals surface area contributed by atoms with E-state index in [0.29, 0.717) is 18.3 Å². The monoisotopic (exact) mass is 419 g/mol. The molecule has 0 saturated carbocycles. The number of urea groups is 1. The van der Waals surface area contributed by atoms with Gasteiger partial charge >= 0.3 is 6.03 Å². The zero-order chi connectivity index (χ0) is 20.5. The van der Waals surface area contributed by atoms with Crippen LogP contribution in [-0.2, 0) is 0 Å². The lowest BCUT2D eigenvalue weighted by atomic mass is 9.76. The second-order valence-corrected chi connectivity index (χ2v) is 9.36. The van der Waals surface area contributed by atoms with E-state index in [9.17, 15) is 9.59 Å². The highest BCUT2D eigenvalue weighted by Crippen LogP contribution is 2.37. The molecule has 3 fully saturated rings. The first kappa shape index (κ1) is 19.3. The van der Waals surface area contributed by atoms with Gasteiger partial charge in [0, 0.05) is 18.7 Å². The highest BCUT2D eigenvalue weighted by molar-refractivity contribution is 7.21. The molecule has 3 saturated heterocycles. The average Bonchev–Trinajstić information content (AvgIpc) is 3.21. The molecule has 0 radical (unpaired) electrons. The fourth-order valence-electron chi connectivity index (χ4n) is 4.76. The van der Waals surface area contributed by atoms with Crippen molar-refractivity contribution >= 4 is 44.6 Å². The quantitative estimate of drug-likeness (QED) is 0.540. The summed E-state index contributed by atoms with van der Waals surface area (Å²) in [7, 11) is 0. The molecule has 1 aromatic heterocycles. The third-order valence-corrected chi connectivity index (χ3v) is 7.56. The van der Waals surface area contributed by atoms with E-state index in [4.69, 9.17) is 0 Å². The molecular formula is C24H25N3O2S. The van der Waals surface area contributed by atoms with Crippen molar-refractivity contribution < 1.29 is 9.59 Å². The number of amides is 2. The van der Waals surface area contributed by atoms with E-state index in [0.717, 1.165) is 32.9 Å². The van der Waals surface area contributed by atoms with Crippen molar-refractivity contribution in [2.45, 2.75) is 19.3 Å². The Labute approximate surface area is 180 Å². The Hall–Kier alpha value is -2.70. The number of fused-ring (bicyclic) bond motifs is 4. The lowest BCUT2D eigenvalue weighted by Gasteiger charge is -2.44. The van der Waals surface area contributed by atoms with Crippen LogP contribution in [0, 0.1) is 11.8 Å². The molecule has 4 heterocycles. The summed E-state index contributed by atoms with van der Waals surface area (Å²) in [4.78, 5) is 28.7. The molecule has 2 aromatic carbocycles. The van der Waals surface area contributed by atoms with Crippen LogP contribution < -0.4 is 10.6 Å². The molecule has 3 aromatic rings. The maximum atomic E-state index is 13.0. The Kier molecular flexibility index (Phi) is 5.27. The van der Waals surface area contributed by atoms with Gasteiger partial charge in [-0.05, 0) is 67.4 Å². The minimum absolute atomic E-state index is 0.231. The SMILES string of the molecule is O=C(Nc1ccccc1)Nc1cccc2cc(C(=O)C[C@H]3CN4CCC3CC4)sc12. The van der Waals surface area contributed by atoms with E-state index < -0.39 is 0 Å². The number of anilines is 2. The van der Waals surface area contributed by atoms with Gasteiger partial charge in [0.15, 0.2) is 5.78 Å². The van der Waals surface area contributed by atoms with Crippen molar-refractivity contribution in [3.8, 4) is 0 Å². The van der Waals surface area contributed by atoms with Gasteiger partial charge in [0.05, 0.1) is 15.3 Å². The van der Waals surface area contributed by atoms with E-state index in [-0.39, 0.29) is 11.8 Å². The summed E-state index contributed by atoms with van der Waals surface area (Å²) >= 11 is 1.48. The van der Waals surface area contributed by atoms with Gasteiger partial charge in [-0.3, -0.25) is 4.79 Å². The number of rotatable bonds is 5. The van der Waals surface area contributed by atoms with Crippen LogP contribution in [0.3, 0.4) is 0 Å². The molecule has 6 rings (SSSR count). The van der Waals surface area contributed by atoms with E-state index >= 15 is 0 Å². The number of carbonyl (C=O) groups excluding carboxylic acids is 2. The molecule has 154 valence electrons. The highest BCUT2D eigenvalue weighted by atomic mass is 32.1. The minimum Gasteiger partial charge on any atom is -0.308 e. The van der Waals surface area contributed by atoms with Gasteiger partial charge in [0.2, 0.25) is 0 Å². The predicted molar refractivity (Wildman–Crippen MR) is 123 cm³/mol. The Morgan fingerprint density at radius 1 is 1.00 bits per heavy atom. The maximum absolute atomic E-state index is 13.0. The lowest BCUT2D eigenvalue weighted by molar-refractivity contribution is 0.0442. The fourth-order valence-corrected chi connectivity index (χ4v) is 5.84.